The molecule has 168 valence electrons. The quantitative estimate of drug-likeness (QED) is 0.238. The smallest absolute Gasteiger partial charge is 0.350 e. The molecule has 3 rings (SSSR count). The standard InChI is InChI=1S/C17H21N5O7S2/c1-16(2,14(27)28)29-21-7(6-5-30-15(18)19-6)10(23)20-8-11(24)22-9(13(25)26)17(3,4)31-12(8)22/h5,8-9,12H,1-4H3,(H2,18,19)(H,20,23)(H,25,26)(H,27,28)/b21-7-/t8-,9?,12-/m1/s1. The third-order valence-electron chi connectivity index (χ3n) is 4.82. The summed E-state index contributed by atoms with van der Waals surface area (Å²) in [7, 11) is 0. The molecule has 12 nitrogen and oxygen atoms in total. The molecular weight excluding hydrogens is 450 g/mol. The first kappa shape index (κ1) is 22.8. The highest BCUT2D eigenvalue weighted by Crippen LogP contribution is 2.50. The number of carbonyl (C=O) groups is 4. The fourth-order valence-corrected chi connectivity index (χ4v) is 5.33. The average Bonchev–Trinajstić information content (AvgIpc) is 3.18. The Kier molecular flexibility index (Phi) is 5.65. The number of nitrogen functional groups attached to an aromatic ring is 1. The van der Waals surface area contributed by atoms with Crippen LogP contribution in [-0.2, 0) is 24.0 Å². The Balaban J connectivity index is 1.83. The van der Waals surface area contributed by atoms with E-state index in [1.54, 1.807) is 13.8 Å². The number of rotatable bonds is 7. The Bertz CT molecular complexity index is 989. The van der Waals surface area contributed by atoms with Crippen LogP contribution in [0.15, 0.2) is 10.5 Å². The summed E-state index contributed by atoms with van der Waals surface area (Å²) in [5.41, 5.74) is 3.58. The Labute approximate surface area is 184 Å². The number of nitrogens with two attached hydrogens (primary N) is 1. The third kappa shape index (κ3) is 4.04. The molecular formula is C17H21N5O7S2. The number of carboxylic acids is 2. The van der Waals surface area contributed by atoms with E-state index < -0.39 is 51.6 Å². The van der Waals surface area contributed by atoms with E-state index in [0.717, 1.165) is 11.3 Å². The van der Waals surface area contributed by atoms with Crippen molar-refractivity contribution in [3.05, 3.63) is 11.1 Å². The predicted molar refractivity (Wildman–Crippen MR) is 112 cm³/mol. The molecule has 1 aromatic heterocycles. The lowest BCUT2D eigenvalue weighted by atomic mass is 9.96. The molecule has 2 aliphatic heterocycles. The van der Waals surface area contributed by atoms with Crippen molar-refractivity contribution in [2.75, 3.05) is 5.73 Å². The van der Waals surface area contributed by atoms with Crippen LogP contribution in [0.2, 0.25) is 0 Å². The van der Waals surface area contributed by atoms with Crippen molar-refractivity contribution in [2.45, 2.75) is 55.5 Å². The first-order valence-corrected chi connectivity index (χ1v) is 10.8. The van der Waals surface area contributed by atoms with E-state index in [1.807, 2.05) is 0 Å². The SMILES string of the molecule is CC(C)(O/N=C(\C(=O)N[C@@H]1C(=O)N2C(C(=O)O)C(C)(C)S[C@H]12)c1csc(N)n1)C(=O)O. The summed E-state index contributed by atoms with van der Waals surface area (Å²) in [6.45, 7) is 5.93. The summed E-state index contributed by atoms with van der Waals surface area (Å²) in [6.07, 6.45) is 0. The Morgan fingerprint density at radius 3 is 2.52 bits per heavy atom. The number of anilines is 1. The Morgan fingerprint density at radius 1 is 1.35 bits per heavy atom. The van der Waals surface area contributed by atoms with Crippen molar-refractivity contribution < 1.29 is 34.2 Å². The van der Waals surface area contributed by atoms with Gasteiger partial charge in [-0.25, -0.2) is 14.6 Å². The van der Waals surface area contributed by atoms with Crippen LogP contribution in [0.3, 0.4) is 0 Å². The lowest BCUT2D eigenvalue weighted by molar-refractivity contribution is -0.161. The largest absolute Gasteiger partial charge is 0.480 e. The van der Waals surface area contributed by atoms with E-state index in [1.165, 1.54) is 35.9 Å². The number of nitrogens with zero attached hydrogens (tertiary/aromatic N) is 3. The molecule has 2 aliphatic rings. The number of hydrogen-bond donors (Lipinski definition) is 4. The zero-order chi connectivity index (χ0) is 23.3. The number of amides is 2. The Hall–Kier alpha value is -2.87. The lowest BCUT2D eigenvalue weighted by Crippen LogP contribution is -2.71. The molecule has 0 radical (unpaired) electrons. The van der Waals surface area contributed by atoms with Crippen LogP contribution >= 0.6 is 23.1 Å². The minimum Gasteiger partial charge on any atom is -0.480 e. The zero-order valence-electron chi connectivity index (χ0n) is 17.0. The van der Waals surface area contributed by atoms with Crippen molar-refractivity contribution in [3.63, 3.8) is 0 Å². The second-order valence-corrected chi connectivity index (χ2v) is 10.6. The van der Waals surface area contributed by atoms with Crippen LogP contribution in [0.4, 0.5) is 5.13 Å². The molecule has 2 amide bonds. The molecule has 5 N–H and O–H groups in total. The summed E-state index contributed by atoms with van der Waals surface area (Å²) in [5.74, 6) is -3.79. The third-order valence-corrected chi connectivity index (χ3v) is 7.07. The van der Waals surface area contributed by atoms with E-state index in [9.17, 15) is 29.4 Å². The van der Waals surface area contributed by atoms with Crippen LogP contribution in [0.1, 0.15) is 33.4 Å². The van der Waals surface area contributed by atoms with Crippen LogP contribution in [0.5, 0.6) is 0 Å². The number of carboxylic acid groups (broad SMARTS) is 2. The lowest BCUT2D eigenvalue weighted by Gasteiger charge is -2.43. The number of fused-ring (bicyclic) bond motifs is 1. The number of nitrogens with one attached hydrogen (secondary N) is 1. The summed E-state index contributed by atoms with van der Waals surface area (Å²) in [6, 6.07) is -2.00. The number of aromatic nitrogens is 1. The van der Waals surface area contributed by atoms with Gasteiger partial charge < -0.3 is 31.0 Å². The van der Waals surface area contributed by atoms with Gasteiger partial charge in [0, 0.05) is 10.1 Å². The maximum Gasteiger partial charge on any atom is 0.350 e. The van der Waals surface area contributed by atoms with Crippen LogP contribution < -0.4 is 11.1 Å². The maximum absolute atomic E-state index is 12.9. The van der Waals surface area contributed by atoms with E-state index >= 15 is 0 Å². The number of β-lactam (4-membered cyclic amide) rings is 1. The van der Waals surface area contributed by atoms with Crippen LogP contribution in [-0.4, -0.2) is 77.4 Å². The summed E-state index contributed by atoms with van der Waals surface area (Å²) in [4.78, 5) is 58.6. The van der Waals surface area contributed by atoms with Gasteiger partial charge in [-0.2, -0.15) is 0 Å². The fraction of sp³-hybridized carbons (Fsp3) is 0.529. The normalized spacial score (nSPS) is 24.9. The first-order valence-electron chi connectivity index (χ1n) is 9.01. The predicted octanol–water partition coefficient (Wildman–Crippen LogP) is -0.0591. The fourth-order valence-electron chi connectivity index (χ4n) is 3.15. The molecule has 14 heteroatoms. The maximum atomic E-state index is 12.9. The number of hydrogen-bond acceptors (Lipinski definition) is 10. The topological polar surface area (TPSA) is 185 Å². The highest BCUT2D eigenvalue weighted by atomic mass is 32.2. The van der Waals surface area contributed by atoms with Gasteiger partial charge >= 0.3 is 11.9 Å². The van der Waals surface area contributed by atoms with Gasteiger partial charge in [-0.3, -0.25) is 9.59 Å². The second-order valence-electron chi connectivity index (χ2n) is 7.97. The first-order chi connectivity index (χ1) is 14.3. The molecule has 2 fully saturated rings. The number of oxime groups is 1. The molecule has 3 heterocycles. The molecule has 1 unspecified atom stereocenters. The van der Waals surface area contributed by atoms with Gasteiger partial charge in [-0.1, -0.05) is 5.16 Å². The molecule has 31 heavy (non-hydrogen) atoms. The highest BCUT2D eigenvalue weighted by Gasteiger charge is 2.64. The van der Waals surface area contributed by atoms with E-state index in [2.05, 4.69) is 15.5 Å². The molecule has 2 saturated heterocycles. The molecule has 0 saturated carbocycles. The molecule has 0 aromatic carbocycles. The van der Waals surface area contributed by atoms with Gasteiger partial charge in [0.2, 0.25) is 11.5 Å². The molecule has 0 aliphatic carbocycles. The summed E-state index contributed by atoms with van der Waals surface area (Å²) >= 11 is 2.31. The van der Waals surface area contributed by atoms with Crippen molar-refractivity contribution in [1.29, 1.82) is 0 Å². The van der Waals surface area contributed by atoms with E-state index in [4.69, 9.17) is 10.6 Å². The monoisotopic (exact) mass is 471 g/mol. The zero-order valence-corrected chi connectivity index (χ0v) is 18.6. The van der Waals surface area contributed by atoms with Crippen LogP contribution in [0.25, 0.3) is 0 Å². The summed E-state index contributed by atoms with van der Waals surface area (Å²) in [5, 5.41) is 25.9. The van der Waals surface area contributed by atoms with Crippen molar-refractivity contribution in [1.82, 2.24) is 15.2 Å². The van der Waals surface area contributed by atoms with Crippen LogP contribution in [0, 0.1) is 0 Å². The molecule has 3 atom stereocenters. The molecule has 0 spiro atoms. The minimum absolute atomic E-state index is 0.0487. The summed E-state index contributed by atoms with van der Waals surface area (Å²) < 4.78 is -0.749. The van der Waals surface area contributed by atoms with Gasteiger partial charge in [0.1, 0.15) is 23.2 Å². The van der Waals surface area contributed by atoms with Gasteiger partial charge in [-0.05, 0) is 27.7 Å². The Morgan fingerprint density at radius 2 is 2.00 bits per heavy atom. The van der Waals surface area contributed by atoms with Crippen molar-refractivity contribution in [2.24, 2.45) is 5.16 Å². The van der Waals surface area contributed by atoms with E-state index in [-0.39, 0.29) is 16.5 Å². The number of thiazole rings is 1. The second kappa shape index (κ2) is 7.67. The van der Waals surface area contributed by atoms with E-state index in [0.29, 0.717) is 0 Å². The number of carbonyl (C=O) groups excluding carboxylic acids is 2. The van der Waals surface area contributed by atoms with Gasteiger partial charge in [0.25, 0.3) is 5.91 Å². The number of thioether (sulfide) groups is 1. The van der Waals surface area contributed by atoms with Crippen molar-refractivity contribution in [3.8, 4) is 0 Å². The van der Waals surface area contributed by atoms with Gasteiger partial charge in [0.15, 0.2) is 10.8 Å². The molecule has 1 aromatic rings. The van der Waals surface area contributed by atoms with Gasteiger partial charge in [0.05, 0.1) is 0 Å². The van der Waals surface area contributed by atoms with Gasteiger partial charge in [-0.15, -0.1) is 23.1 Å². The number of aliphatic carboxylic acids is 2. The van der Waals surface area contributed by atoms with Crippen molar-refractivity contribution >= 4 is 57.7 Å². The average molecular weight is 472 g/mol. The minimum atomic E-state index is -1.73. The molecule has 0 bridgehead atoms. The highest BCUT2D eigenvalue weighted by molar-refractivity contribution is 8.01.